The first-order chi connectivity index (χ1) is 9.51. The SMILES string of the molecule is CC(C)(C)N1C(=O)CC(N)C1c1cccc(C(F)(F)F)c1. The molecular formula is C15H19F3N2O. The summed E-state index contributed by atoms with van der Waals surface area (Å²) >= 11 is 0. The summed E-state index contributed by atoms with van der Waals surface area (Å²) in [7, 11) is 0. The van der Waals surface area contributed by atoms with Gasteiger partial charge in [0.2, 0.25) is 5.91 Å². The molecule has 1 amide bonds. The molecule has 0 saturated carbocycles. The van der Waals surface area contributed by atoms with Crippen molar-refractivity contribution in [3.05, 3.63) is 35.4 Å². The van der Waals surface area contributed by atoms with Crippen molar-refractivity contribution in [2.75, 3.05) is 0 Å². The highest BCUT2D eigenvalue weighted by atomic mass is 19.4. The molecule has 0 aromatic heterocycles. The Balaban J connectivity index is 2.46. The maximum Gasteiger partial charge on any atom is 0.416 e. The summed E-state index contributed by atoms with van der Waals surface area (Å²) in [6.45, 7) is 5.55. The molecule has 0 aliphatic carbocycles. The van der Waals surface area contributed by atoms with Crippen LogP contribution in [0.15, 0.2) is 24.3 Å². The van der Waals surface area contributed by atoms with E-state index in [2.05, 4.69) is 0 Å². The molecule has 2 atom stereocenters. The monoisotopic (exact) mass is 300 g/mol. The first kappa shape index (κ1) is 15.8. The number of halogens is 3. The zero-order valence-corrected chi connectivity index (χ0v) is 12.2. The molecule has 21 heavy (non-hydrogen) atoms. The van der Waals surface area contributed by atoms with Crippen molar-refractivity contribution in [3.63, 3.8) is 0 Å². The van der Waals surface area contributed by atoms with Gasteiger partial charge in [0.1, 0.15) is 0 Å². The fourth-order valence-corrected chi connectivity index (χ4v) is 2.84. The summed E-state index contributed by atoms with van der Waals surface area (Å²) in [5.74, 6) is -0.127. The zero-order chi connectivity index (χ0) is 16.0. The van der Waals surface area contributed by atoms with Gasteiger partial charge in [-0.25, -0.2) is 0 Å². The van der Waals surface area contributed by atoms with E-state index >= 15 is 0 Å². The van der Waals surface area contributed by atoms with Crippen LogP contribution in [-0.4, -0.2) is 22.4 Å². The third kappa shape index (κ3) is 3.05. The number of rotatable bonds is 1. The largest absolute Gasteiger partial charge is 0.416 e. The standard InChI is InChI=1S/C15H19F3N2O/c1-14(2,3)20-12(21)8-11(19)13(20)9-5-4-6-10(7-9)15(16,17)18/h4-7,11,13H,8,19H2,1-3H3. The van der Waals surface area contributed by atoms with E-state index in [1.807, 2.05) is 20.8 Å². The molecule has 0 bridgehead atoms. The number of likely N-dealkylation sites (tertiary alicyclic amines) is 1. The Labute approximate surface area is 121 Å². The summed E-state index contributed by atoms with van der Waals surface area (Å²) in [4.78, 5) is 13.7. The van der Waals surface area contributed by atoms with Gasteiger partial charge in [-0.1, -0.05) is 12.1 Å². The Kier molecular flexibility index (Phi) is 3.78. The first-order valence-corrected chi connectivity index (χ1v) is 6.76. The minimum absolute atomic E-state index is 0.127. The molecule has 0 radical (unpaired) electrons. The number of benzene rings is 1. The van der Waals surface area contributed by atoms with Gasteiger partial charge in [0.25, 0.3) is 0 Å². The molecule has 1 fully saturated rings. The minimum atomic E-state index is -4.41. The lowest BCUT2D eigenvalue weighted by molar-refractivity contribution is -0.137. The third-order valence-electron chi connectivity index (χ3n) is 3.64. The van der Waals surface area contributed by atoms with Gasteiger partial charge in [-0.3, -0.25) is 4.79 Å². The van der Waals surface area contributed by atoms with Crippen molar-refractivity contribution >= 4 is 5.91 Å². The fraction of sp³-hybridized carbons (Fsp3) is 0.533. The molecule has 2 rings (SSSR count). The number of nitrogens with two attached hydrogens (primary N) is 1. The molecule has 2 N–H and O–H groups in total. The Morgan fingerprint density at radius 1 is 1.24 bits per heavy atom. The van der Waals surface area contributed by atoms with Crippen LogP contribution in [0, 0.1) is 0 Å². The second-order valence-corrected chi connectivity index (χ2v) is 6.37. The van der Waals surface area contributed by atoms with Gasteiger partial charge in [-0.2, -0.15) is 13.2 Å². The summed E-state index contributed by atoms with van der Waals surface area (Å²) in [6.07, 6.45) is -4.26. The normalized spacial score (nSPS) is 23.8. The van der Waals surface area contributed by atoms with Crippen LogP contribution < -0.4 is 5.73 Å². The summed E-state index contributed by atoms with van der Waals surface area (Å²) in [6, 6.07) is 4.03. The van der Waals surface area contributed by atoms with E-state index in [0.717, 1.165) is 12.1 Å². The molecule has 0 spiro atoms. The van der Waals surface area contributed by atoms with Crippen molar-refractivity contribution in [3.8, 4) is 0 Å². The number of hydrogen-bond donors (Lipinski definition) is 1. The van der Waals surface area contributed by atoms with Gasteiger partial charge in [-0.05, 0) is 38.5 Å². The molecule has 2 unspecified atom stereocenters. The van der Waals surface area contributed by atoms with Crippen molar-refractivity contribution in [2.24, 2.45) is 5.73 Å². The summed E-state index contributed by atoms with van der Waals surface area (Å²) in [5, 5.41) is 0. The average molecular weight is 300 g/mol. The second kappa shape index (κ2) is 5.02. The molecule has 1 aromatic rings. The molecule has 1 saturated heterocycles. The quantitative estimate of drug-likeness (QED) is 0.866. The maximum atomic E-state index is 12.8. The van der Waals surface area contributed by atoms with Crippen LogP contribution in [-0.2, 0) is 11.0 Å². The highest BCUT2D eigenvalue weighted by molar-refractivity contribution is 5.81. The van der Waals surface area contributed by atoms with Crippen LogP contribution >= 0.6 is 0 Å². The van der Waals surface area contributed by atoms with E-state index in [1.165, 1.54) is 6.07 Å². The topological polar surface area (TPSA) is 46.3 Å². The highest BCUT2D eigenvalue weighted by Crippen LogP contribution is 2.39. The van der Waals surface area contributed by atoms with Crippen molar-refractivity contribution in [2.45, 2.75) is 51.0 Å². The number of hydrogen-bond acceptors (Lipinski definition) is 2. The number of carbonyl (C=O) groups excluding carboxylic acids is 1. The zero-order valence-electron chi connectivity index (χ0n) is 12.2. The van der Waals surface area contributed by atoms with E-state index in [0.29, 0.717) is 5.56 Å². The molecule has 116 valence electrons. The Hall–Kier alpha value is -1.56. The Morgan fingerprint density at radius 2 is 1.86 bits per heavy atom. The predicted molar refractivity (Wildman–Crippen MR) is 73.4 cm³/mol. The lowest BCUT2D eigenvalue weighted by Gasteiger charge is -2.38. The molecule has 1 aliphatic heterocycles. The average Bonchev–Trinajstić information content (AvgIpc) is 2.63. The molecule has 1 heterocycles. The van der Waals surface area contributed by atoms with E-state index in [1.54, 1.807) is 11.0 Å². The van der Waals surface area contributed by atoms with Crippen molar-refractivity contribution in [1.82, 2.24) is 4.90 Å². The van der Waals surface area contributed by atoms with Crippen LogP contribution in [0.2, 0.25) is 0 Å². The third-order valence-corrected chi connectivity index (χ3v) is 3.64. The van der Waals surface area contributed by atoms with Crippen LogP contribution in [0.4, 0.5) is 13.2 Å². The lowest BCUT2D eigenvalue weighted by Crippen LogP contribution is -2.45. The molecular weight excluding hydrogens is 281 g/mol. The smallest absolute Gasteiger partial charge is 0.329 e. The predicted octanol–water partition coefficient (Wildman–Crippen LogP) is 3.10. The lowest BCUT2D eigenvalue weighted by atomic mass is 9.95. The van der Waals surface area contributed by atoms with E-state index in [9.17, 15) is 18.0 Å². The number of alkyl halides is 3. The molecule has 1 aromatic carbocycles. The van der Waals surface area contributed by atoms with Gasteiger partial charge in [0, 0.05) is 18.0 Å². The Bertz CT molecular complexity index is 549. The minimum Gasteiger partial charge on any atom is -0.329 e. The van der Waals surface area contributed by atoms with Gasteiger partial charge in [0.15, 0.2) is 0 Å². The van der Waals surface area contributed by atoms with Crippen molar-refractivity contribution in [1.29, 1.82) is 0 Å². The van der Waals surface area contributed by atoms with Gasteiger partial charge >= 0.3 is 6.18 Å². The Morgan fingerprint density at radius 3 is 2.38 bits per heavy atom. The van der Waals surface area contributed by atoms with Gasteiger partial charge < -0.3 is 10.6 Å². The van der Waals surface area contributed by atoms with Crippen LogP contribution in [0.25, 0.3) is 0 Å². The van der Waals surface area contributed by atoms with E-state index in [4.69, 9.17) is 5.73 Å². The maximum absolute atomic E-state index is 12.8. The fourth-order valence-electron chi connectivity index (χ4n) is 2.84. The first-order valence-electron chi connectivity index (χ1n) is 6.76. The number of carbonyl (C=O) groups is 1. The summed E-state index contributed by atoms with van der Waals surface area (Å²) in [5.41, 5.74) is 5.21. The van der Waals surface area contributed by atoms with Crippen LogP contribution in [0.5, 0.6) is 0 Å². The van der Waals surface area contributed by atoms with Crippen molar-refractivity contribution < 1.29 is 18.0 Å². The molecule has 6 heteroatoms. The number of amides is 1. The second-order valence-electron chi connectivity index (χ2n) is 6.37. The highest BCUT2D eigenvalue weighted by Gasteiger charge is 2.44. The molecule has 3 nitrogen and oxygen atoms in total. The summed E-state index contributed by atoms with van der Waals surface area (Å²) < 4.78 is 38.5. The van der Waals surface area contributed by atoms with Gasteiger partial charge in [0.05, 0.1) is 11.6 Å². The van der Waals surface area contributed by atoms with Crippen LogP contribution in [0.1, 0.15) is 44.4 Å². The molecule has 1 aliphatic rings. The number of nitrogens with zero attached hydrogens (tertiary/aromatic N) is 1. The van der Waals surface area contributed by atoms with E-state index < -0.39 is 29.4 Å². The van der Waals surface area contributed by atoms with Crippen LogP contribution in [0.3, 0.4) is 0 Å². The van der Waals surface area contributed by atoms with E-state index in [-0.39, 0.29) is 12.3 Å². The van der Waals surface area contributed by atoms with Gasteiger partial charge in [-0.15, -0.1) is 0 Å².